The Balaban J connectivity index is 1.49. The Morgan fingerprint density at radius 2 is 2.06 bits per heavy atom. The molecule has 0 saturated carbocycles. The molecule has 4 heterocycles. The molecule has 2 aliphatic rings. The van der Waals surface area contributed by atoms with Crippen molar-refractivity contribution in [3.05, 3.63) is 53.2 Å². The van der Waals surface area contributed by atoms with Crippen LogP contribution in [0.1, 0.15) is 5.56 Å². The predicted octanol–water partition coefficient (Wildman–Crippen LogP) is 3.46. The number of nitrogens with one attached hydrogen (secondary N) is 1. The number of benzene rings is 1. The monoisotopic (exact) mass is 503 g/mol. The van der Waals surface area contributed by atoms with Crippen LogP contribution in [0.5, 0.6) is 5.75 Å². The van der Waals surface area contributed by atoms with Crippen LogP contribution >= 0.6 is 23.4 Å². The number of rotatable bonds is 6. The standard InChI is InChI=1S/C22H19ClFN5O4S/c1-32-4-3-28-19-11(9-26-28)8-25-10-16(19)29-21(30)20-15(27-22(29)31)7-18(34-20)12-5-17(33-2)14(24)6-13(12)23/h5-10,15,20H,3-4H2,1-2H3,(H,27,31). The molecule has 1 fully saturated rings. The van der Waals surface area contributed by atoms with Gasteiger partial charge in [-0.2, -0.15) is 5.10 Å². The molecule has 0 bridgehead atoms. The molecule has 34 heavy (non-hydrogen) atoms. The maximum Gasteiger partial charge on any atom is 0.329 e. The zero-order chi connectivity index (χ0) is 24.0. The zero-order valence-electron chi connectivity index (χ0n) is 18.1. The van der Waals surface area contributed by atoms with E-state index in [1.54, 1.807) is 30.3 Å². The van der Waals surface area contributed by atoms with Crippen LogP contribution < -0.4 is 15.0 Å². The van der Waals surface area contributed by atoms with Gasteiger partial charge < -0.3 is 14.8 Å². The van der Waals surface area contributed by atoms with E-state index in [1.165, 1.54) is 37.2 Å². The third kappa shape index (κ3) is 3.69. The van der Waals surface area contributed by atoms with Crippen LogP contribution in [0.2, 0.25) is 5.02 Å². The van der Waals surface area contributed by atoms with Gasteiger partial charge in [-0.1, -0.05) is 11.6 Å². The van der Waals surface area contributed by atoms with Crippen LogP contribution in [0.15, 0.2) is 36.8 Å². The number of carbonyl (C=O) groups is 2. The average Bonchev–Trinajstić information content (AvgIpc) is 3.42. The van der Waals surface area contributed by atoms with Gasteiger partial charge in [-0.05, 0) is 18.2 Å². The first kappa shape index (κ1) is 22.6. The Hall–Kier alpha value is -3.15. The van der Waals surface area contributed by atoms with Crippen LogP contribution in [0.25, 0.3) is 15.8 Å². The number of pyridine rings is 1. The number of carbonyl (C=O) groups excluding carboxylic acids is 2. The summed E-state index contributed by atoms with van der Waals surface area (Å²) in [6.07, 6.45) is 6.48. The van der Waals surface area contributed by atoms with E-state index in [0.29, 0.717) is 40.2 Å². The highest BCUT2D eigenvalue weighted by molar-refractivity contribution is 8.09. The fourth-order valence-corrected chi connectivity index (χ4v) is 5.65. The molecule has 176 valence electrons. The van der Waals surface area contributed by atoms with Crippen molar-refractivity contribution in [2.45, 2.75) is 17.8 Å². The van der Waals surface area contributed by atoms with Crippen LogP contribution in [0.3, 0.4) is 0 Å². The Bertz CT molecular complexity index is 1350. The van der Waals surface area contributed by atoms with Gasteiger partial charge >= 0.3 is 6.03 Å². The van der Waals surface area contributed by atoms with Crippen molar-refractivity contribution in [3.63, 3.8) is 0 Å². The second-order valence-electron chi connectivity index (χ2n) is 7.64. The topological polar surface area (TPSA) is 98.6 Å². The maximum atomic E-state index is 14.0. The lowest BCUT2D eigenvalue weighted by molar-refractivity contribution is -0.118. The van der Waals surface area contributed by atoms with Crippen molar-refractivity contribution >= 4 is 56.8 Å². The summed E-state index contributed by atoms with van der Waals surface area (Å²) in [6, 6.07) is 1.53. The fraction of sp³-hybridized carbons (Fsp3) is 0.273. The lowest BCUT2D eigenvalue weighted by atomic mass is 10.1. The summed E-state index contributed by atoms with van der Waals surface area (Å²) in [5.41, 5.74) is 1.47. The molecule has 2 aliphatic heterocycles. The summed E-state index contributed by atoms with van der Waals surface area (Å²) >= 11 is 7.53. The first-order valence-corrected chi connectivity index (χ1v) is 11.5. The molecule has 1 N–H and O–H groups in total. The number of halogens is 2. The highest BCUT2D eigenvalue weighted by Gasteiger charge is 2.46. The first-order valence-electron chi connectivity index (χ1n) is 10.3. The normalized spacial score (nSPS) is 19.9. The van der Waals surface area contributed by atoms with E-state index < -0.39 is 29.0 Å². The van der Waals surface area contributed by atoms with Gasteiger partial charge in [0.25, 0.3) is 5.91 Å². The van der Waals surface area contributed by atoms with Crippen molar-refractivity contribution in [3.8, 4) is 5.75 Å². The molecule has 0 radical (unpaired) electrons. The smallest absolute Gasteiger partial charge is 0.329 e. The number of methoxy groups -OCH3 is 2. The summed E-state index contributed by atoms with van der Waals surface area (Å²) in [7, 11) is 2.94. The highest BCUT2D eigenvalue weighted by Crippen LogP contribution is 2.45. The Morgan fingerprint density at radius 1 is 1.24 bits per heavy atom. The number of imide groups is 1. The van der Waals surface area contributed by atoms with E-state index in [9.17, 15) is 14.0 Å². The molecule has 2 unspecified atom stereocenters. The van der Waals surface area contributed by atoms with Gasteiger partial charge in [-0.15, -0.1) is 11.8 Å². The summed E-state index contributed by atoms with van der Waals surface area (Å²) in [6.45, 7) is 0.854. The molecule has 3 aromatic rings. The van der Waals surface area contributed by atoms with Gasteiger partial charge in [-0.3, -0.25) is 14.5 Å². The zero-order valence-corrected chi connectivity index (χ0v) is 19.7. The molecular formula is C22H19ClFN5O4S. The predicted molar refractivity (Wildman–Crippen MR) is 127 cm³/mol. The van der Waals surface area contributed by atoms with Crippen molar-refractivity contribution in [2.75, 3.05) is 25.7 Å². The number of nitrogens with zero attached hydrogens (tertiary/aromatic N) is 4. The number of anilines is 1. The van der Waals surface area contributed by atoms with Crippen molar-refractivity contribution in [1.29, 1.82) is 0 Å². The molecular weight excluding hydrogens is 485 g/mol. The number of hydrogen-bond donors (Lipinski definition) is 1. The van der Waals surface area contributed by atoms with Crippen molar-refractivity contribution in [2.24, 2.45) is 0 Å². The maximum absolute atomic E-state index is 14.0. The van der Waals surface area contributed by atoms with Crippen molar-refractivity contribution < 1.29 is 23.5 Å². The Morgan fingerprint density at radius 3 is 2.82 bits per heavy atom. The van der Waals surface area contributed by atoms with Gasteiger partial charge in [-0.25, -0.2) is 14.1 Å². The Labute approximate surface area is 202 Å². The molecule has 1 aromatic carbocycles. The number of aromatic nitrogens is 3. The van der Waals surface area contributed by atoms with E-state index in [0.717, 1.165) is 4.90 Å². The molecule has 3 amide bonds. The van der Waals surface area contributed by atoms with E-state index >= 15 is 0 Å². The average molecular weight is 504 g/mol. The van der Waals surface area contributed by atoms with Gasteiger partial charge in [0.1, 0.15) is 5.25 Å². The number of thioether (sulfide) groups is 1. The number of fused-ring (bicyclic) bond motifs is 2. The van der Waals surface area contributed by atoms with Gasteiger partial charge in [0.2, 0.25) is 0 Å². The summed E-state index contributed by atoms with van der Waals surface area (Å²) < 4.78 is 25.9. The molecule has 0 spiro atoms. The van der Waals surface area contributed by atoms with Crippen LogP contribution in [0.4, 0.5) is 14.9 Å². The highest BCUT2D eigenvalue weighted by atomic mass is 35.5. The Kier molecular flexibility index (Phi) is 5.92. The number of urea groups is 1. The third-order valence-corrected chi connectivity index (χ3v) is 7.32. The van der Waals surface area contributed by atoms with Gasteiger partial charge in [0, 0.05) is 29.2 Å². The SMILES string of the molecule is COCCn1ncc2cncc(N3C(=O)NC4C=C(c5cc(OC)c(F)cc5Cl)SC4C3=O)c21. The van der Waals surface area contributed by atoms with E-state index in [-0.39, 0.29) is 10.8 Å². The quantitative estimate of drug-likeness (QED) is 0.550. The molecule has 12 heteroatoms. The molecule has 0 aliphatic carbocycles. The minimum atomic E-state index is -0.634. The van der Waals surface area contributed by atoms with E-state index in [4.69, 9.17) is 21.1 Å². The molecule has 1 saturated heterocycles. The lowest BCUT2D eigenvalue weighted by Crippen LogP contribution is -2.60. The number of amides is 3. The second kappa shape index (κ2) is 8.90. The molecule has 9 nitrogen and oxygen atoms in total. The van der Waals surface area contributed by atoms with E-state index in [1.807, 2.05) is 0 Å². The van der Waals surface area contributed by atoms with E-state index in [2.05, 4.69) is 15.4 Å². The lowest BCUT2D eigenvalue weighted by Gasteiger charge is -2.33. The fourth-order valence-electron chi connectivity index (χ4n) is 4.05. The van der Waals surface area contributed by atoms with Crippen LogP contribution in [0, 0.1) is 5.82 Å². The van der Waals surface area contributed by atoms with Gasteiger partial charge in [0.05, 0.1) is 54.9 Å². The second-order valence-corrected chi connectivity index (χ2v) is 9.23. The summed E-state index contributed by atoms with van der Waals surface area (Å²) in [4.78, 5) is 32.6. The number of hydrogen-bond acceptors (Lipinski definition) is 7. The van der Waals surface area contributed by atoms with Gasteiger partial charge in [0.15, 0.2) is 11.6 Å². The molecule has 2 atom stereocenters. The summed E-state index contributed by atoms with van der Waals surface area (Å²) in [5, 5.41) is 7.46. The first-order chi connectivity index (χ1) is 16.4. The van der Waals surface area contributed by atoms with Crippen LogP contribution in [-0.4, -0.2) is 58.8 Å². The summed E-state index contributed by atoms with van der Waals surface area (Å²) in [5.74, 6) is -0.947. The van der Waals surface area contributed by atoms with Crippen LogP contribution in [-0.2, 0) is 16.1 Å². The minimum absolute atomic E-state index is 0.0369. The number of ether oxygens (including phenoxy) is 2. The largest absolute Gasteiger partial charge is 0.494 e. The third-order valence-electron chi connectivity index (χ3n) is 5.64. The minimum Gasteiger partial charge on any atom is -0.494 e. The molecule has 5 rings (SSSR count). The van der Waals surface area contributed by atoms with Crippen molar-refractivity contribution in [1.82, 2.24) is 20.1 Å². The molecule has 2 aromatic heterocycles.